The Balaban J connectivity index is 1.34. The van der Waals surface area contributed by atoms with Gasteiger partial charge in [0, 0.05) is 31.0 Å². The molecule has 3 aromatic carbocycles. The molecule has 3 aliphatic rings. The van der Waals surface area contributed by atoms with Crippen molar-refractivity contribution in [1.82, 2.24) is 14.9 Å². The molecule has 6 atom stereocenters. The molecule has 2 fully saturated rings. The SMILES string of the molecule is CC(C)(CCCN=C(NC#N)Oc1ccccc1)CN(C([C@H](O)[C@H](Cc1ccccc1)NC(=O)O)[C@@H]1CO[C@H]2OCC[C@H]21)S(=O)(=O)c1ccc2c(c1)OCO2. The maximum absolute atomic E-state index is 15.1. The molecule has 0 saturated carbocycles. The number of rotatable bonds is 16. The number of nitrogens with one attached hydrogen (secondary N) is 2. The summed E-state index contributed by atoms with van der Waals surface area (Å²) < 4.78 is 60.2. The van der Waals surface area contributed by atoms with Gasteiger partial charge in [0.1, 0.15) is 5.75 Å². The lowest BCUT2D eigenvalue weighted by molar-refractivity contribution is -0.0907. The summed E-state index contributed by atoms with van der Waals surface area (Å²) >= 11 is 0. The predicted octanol–water partition coefficient (Wildman–Crippen LogP) is 4.34. The van der Waals surface area contributed by atoms with Gasteiger partial charge < -0.3 is 39.2 Å². The van der Waals surface area contributed by atoms with Crippen LogP contribution in [-0.2, 0) is 25.9 Å². The van der Waals surface area contributed by atoms with Gasteiger partial charge in [0.05, 0.1) is 36.3 Å². The highest BCUT2D eigenvalue weighted by Gasteiger charge is 2.53. The Kier molecular flexibility index (Phi) is 12.8. The first kappa shape index (κ1) is 39.8. The molecule has 4 N–H and O–H groups in total. The second kappa shape index (κ2) is 17.7. The van der Waals surface area contributed by atoms with Crippen LogP contribution in [0, 0.1) is 28.7 Å². The van der Waals surface area contributed by atoms with Crippen LogP contribution in [0.25, 0.3) is 0 Å². The lowest BCUT2D eigenvalue weighted by Gasteiger charge is -2.44. The fourth-order valence-electron chi connectivity index (χ4n) is 7.52. The monoisotopic (exact) mass is 777 g/mol. The highest BCUT2D eigenvalue weighted by molar-refractivity contribution is 7.89. The molecule has 294 valence electrons. The normalized spacial score (nSPS) is 21.0. The van der Waals surface area contributed by atoms with Crippen molar-refractivity contribution in [3.8, 4) is 23.4 Å². The summed E-state index contributed by atoms with van der Waals surface area (Å²) in [4.78, 5) is 16.6. The Hall–Kier alpha value is -4.92. The van der Waals surface area contributed by atoms with E-state index in [4.69, 9.17) is 23.7 Å². The van der Waals surface area contributed by atoms with Gasteiger partial charge in [-0.2, -0.15) is 9.57 Å². The number of aliphatic imine (C=N–C) groups is 1. The molecule has 15 nitrogen and oxygen atoms in total. The number of fused-ring (bicyclic) bond motifs is 2. The maximum Gasteiger partial charge on any atom is 0.404 e. The first-order valence-electron chi connectivity index (χ1n) is 18.2. The molecule has 2 saturated heterocycles. The summed E-state index contributed by atoms with van der Waals surface area (Å²) in [6, 6.07) is 20.2. The highest BCUT2D eigenvalue weighted by atomic mass is 32.2. The lowest BCUT2D eigenvalue weighted by Crippen LogP contribution is -2.61. The van der Waals surface area contributed by atoms with Gasteiger partial charge in [-0.05, 0) is 60.9 Å². The number of carbonyl (C=O) groups is 1. The van der Waals surface area contributed by atoms with Crippen LogP contribution in [0.15, 0.2) is 88.8 Å². The van der Waals surface area contributed by atoms with Crippen LogP contribution in [0.2, 0.25) is 0 Å². The fraction of sp³-hybridized carbons (Fsp3) is 0.462. The zero-order chi connectivity index (χ0) is 39.0. The van der Waals surface area contributed by atoms with Gasteiger partial charge in [-0.25, -0.2) is 23.5 Å². The van der Waals surface area contributed by atoms with Crippen LogP contribution < -0.4 is 24.8 Å². The molecule has 3 aromatic rings. The van der Waals surface area contributed by atoms with Crippen molar-refractivity contribution < 1.29 is 47.1 Å². The van der Waals surface area contributed by atoms with Crippen molar-refractivity contribution in [2.45, 2.75) is 68.9 Å². The molecule has 3 heterocycles. The second-order valence-corrected chi connectivity index (χ2v) is 16.5. The number of amidine groups is 1. The number of nitriles is 1. The first-order chi connectivity index (χ1) is 26.4. The van der Waals surface area contributed by atoms with Crippen molar-refractivity contribution in [1.29, 1.82) is 5.26 Å². The Labute approximate surface area is 320 Å². The Morgan fingerprint density at radius 3 is 2.53 bits per heavy atom. The molecule has 3 aliphatic heterocycles. The Morgan fingerprint density at radius 1 is 1.07 bits per heavy atom. The van der Waals surface area contributed by atoms with E-state index in [-0.39, 0.29) is 55.5 Å². The number of benzene rings is 3. The van der Waals surface area contributed by atoms with E-state index in [1.54, 1.807) is 24.3 Å². The molecule has 0 spiro atoms. The number of nitrogens with zero attached hydrogens (tertiary/aromatic N) is 3. The van der Waals surface area contributed by atoms with Crippen molar-refractivity contribution in [2.24, 2.45) is 22.2 Å². The Bertz CT molecular complexity index is 1940. The first-order valence-corrected chi connectivity index (χ1v) is 19.7. The lowest BCUT2D eigenvalue weighted by atomic mass is 9.80. The quantitative estimate of drug-likeness (QED) is 0.0528. The van der Waals surface area contributed by atoms with Gasteiger partial charge in [0.25, 0.3) is 0 Å². The Morgan fingerprint density at radius 2 is 1.80 bits per heavy atom. The average molecular weight is 778 g/mol. The summed E-state index contributed by atoms with van der Waals surface area (Å²) in [7, 11) is -4.41. The summed E-state index contributed by atoms with van der Waals surface area (Å²) in [6.07, 6.45) is 0.0648. The third kappa shape index (κ3) is 9.85. The number of aliphatic hydroxyl groups is 1. The van der Waals surface area contributed by atoms with E-state index in [9.17, 15) is 20.3 Å². The molecule has 16 heteroatoms. The minimum atomic E-state index is -4.41. The fourth-order valence-corrected chi connectivity index (χ4v) is 9.40. The second-order valence-electron chi connectivity index (χ2n) is 14.6. The average Bonchev–Trinajstić information content (AvgIpc) is 3.92. The van der Waals surface area contributed by atoms with Crippen molar-refractivity contribution in [2.75, 3.05) is 33.1 Å². The molecule has 55 heavy (non-hydrogen) atoms. The van der Waals surface area contributed by atoms with Crippen LogP contribution in [0.1, 0.15) is 38.7 Å². The standard InChI is InChI=1S/C39H47N5O10S/c1-39(2,17-9-18-41-37(42-24-40)54-27-12-7-4-8-13-27)23-44(55(48,49)28-14-15-32-33(21-28)53-25-52-32)34(30-22-51-36-29(30)16-19-50-36)35(45)31(43-38(46)47)20-26-10-5-3-6-11-26/h3-8,10-15,21,29-31,34-36,43,45H,9,16-20,22-23,25H2,1-2H3,(H,41,42)(H,46,47)/t29-,30+,31-,34?,35+,36+/m0/s1. The van der Waals surface area contributed by atoms with Crippen molar-refractivity contribution in [3.05, 3.63) is 84.4 Å². The van der Waals surface area contributed by atoms with Crippen molar-refractivity contribution >= 4 is 22.1 Å². The van der Waals surface area contributed by atoms with Crippen LogP contribution >= 0.6 is 0 Å². The number of hydrogen-bond donors (Lipinski definition) is 4. The maximum atomic E-state index is 15.1. The van der Waals surface area contributed by atoms with Gasteiger partial charge in [-0.3, -0.25) is 0 Å². The molecule has 0 bridgehead atoms. The number of para-hydroxylation sites is 1. The van der Waals surface area contributed by atoms with Gasteiger partial charge in [-0.15, -0.1) is 0 Å². The van der Waals surface area contributed by atoms with E-state index >= 15 is 8.42 Å². The molecule has 0 radical (unpaired) electrons. The summed E-state index contributed by atoms with van der Waals surface area (Å²) in [5.74, 6) is 0.401. The van der Waals surface area contributed by atoms with Crippen LogP contribution in [-0.4, -0.2) is 92.6 Å². The van der Waals surface area contributed by atoms with E-state index in [2.05, 4.69) is 15.6 Å². The van der Waals surface area contributed by atoms with Crippen molar-refractivity contribution in [3.63, 3.8) is 0 Å². The van der Waals surface area contributed by atoms with Gasteiger partial charge in [0.15, 0.2) is 24.0 Å². The smallest absolute Gasteiger partial charge is 0.404 e. The van der Waals surface area contributed by atoms with E-state index in [1.807, 2.05) is 56.4 Å². The van der Waals surface area contributed by atoms with E-state index < -0.39 is 51.9 Å². The summed E-state index contributed by atoms with van der Waals surface area (Å²) in [5, 5.41) is 36.7. The van der Waals surface area contributed by atoms with E-state index in [0.29, 0.717) is 37.4 Å². The minimum Gasteiger partial charge on any atom is -0.465 e. The topological polar surface area (TPSA) is 201 Å². The largest absolute Gasteiger partial charge is 0.465 e. The molecular formula is C39H47N5O10S. The van der Waals surface area contributed by atoms with E-state index in [1.165, 1.54) is 22.5 Å². The number of aliphatic hydroxyl groups excluding tert-OH is 1. The molecule has 1 unspecified atom stereocenters. The van der Waals surface area contributed by atoms with Crippen LogP contribution in [0.5, 0.6) is 17.2 Å². The van der Waals surface area contributed by atoms with Gasteiger partial charge in [0.2, 0.25) is 16.8 Å². The number of ether oxygens (including phenoxy) is 5. The molecule has 6 rings (SSSR count). The third-order valence-corrected chi connectivity index (χ3v) is 12.0. The van der Waals surface area contributed by atoms with Gasteiger partial charge in [-0.1, -0.05) is 62.4 Å². The van der Waals surface area contributed by atoms with Gasteiger partial charge >= 0.3 is 12.1 Å². The number of sulfonamides is 1. The van der Waals surface area contributed by atoms with Crippen LogP contribution in [0.3, 0.4) is 0 Å². The number of carboxylic acid groups (broad SMARTS) is 1. The third-order valence-electron chi connectivity index (χ3n) is 10.1. The van der Waals surface area contributed by atoms with Crippen LogP contribution in [0.4, 0.5) is 4.79 Å². The molecule has 0 aliphatic carbocycles. The summed E-state index contributed by atoms with van der Waals surface area (Å²) in [6.45, 7) is 4.53. The molecular weight excluding hydrogens is 731 g/mol. The number of hydrogen-bond acceptors (Lipinski definition) is 11. The zero-order valence-electron chi connectivity index (χ0n) is 30.7. The predicted molar refractivity (Wildman–Crippen MR) is 200 cm³/mol. The highest BCUT2D eigenvalue weighted by Crippen LogP contribution is 2.43. The minimum absolute atomic E-state index is 0.0339. The zero-order valence-corrected chi connectivity index (χ0v) is 31.6. The number of amides is 1. The molecule has 1 amide bonds. The molecule has 0 aromatic heterocycles. The summed E-state index contributed by atoms with van der Waals surface area (Å²) in [5.41, 5.74) is 0.0524. The van der Waals surface area contributed by atoms with E-state index in [0.717, 1.165) is 5.56 Å².